The summed E-state index contributed by atoms with van der Waals surface area (Å²) in [5.41, 5.74) is 1.22. The van der Waals surface area contributed by atoms with E-state index in [9.17, 15) is 0 Å². The van der Waals surface area contributed by atoms with Gasteiger partial charge >= 0.3 is 0 Å². The van der Waals surface area contributed by atoms with Gasteiger partial charge in [0.1, 0.15) is 5.75 Å². The molecule has 1 aromatic heterocycles. The smallest absolute Gasteiger partial charge is 0.190 e. The van der Waals surface area contributed by atoms with Crippen molar-refractivity contribution in [3.8, 4) is 5.75 Å². The second kappa shape index (κ2) is 9.90. The van der Waals surface area contributed by atoms with Crippen molar-refractivity contribution >= 4 is 17.3 Å². The Hall–Kier alpha value is -2.01. The molecule has 4 nitrogen and oxygen atoms in total. The summed E-state index contributed by atoms with van der Waals surface area (Å²) in [4.78, 5) is 5.65. The van der Waals surface area contributed by atoms with E-state index in [1.807, 2.05) is 25.1 Å². The first-order valence-electron chi connectivity index (χ1n) is 8.01. The molecule has 0 saturated heterocycles. The molecule has 0 amide bonds. The van der Waals surface area contributed by atoms with E-state index in [-0.39, 0.29) is 0 Å². The van der Waals surface area contributed by atoms with E-state index in [4.69, 9.17) is 4.74 Å². The zero-order valence-electron chi connectivity index (χ0n) is 13.8. The first-order chi connectivity index (χ1) is 11.3. The Morgan fingerprint density at radius 2 is 1.87 bits per heavy atom. The molecule has 0 radical (unpaired) electrons. The van der Waals surface area contributed by atoms with Crippen molar-refractivity contribution in [2.24, 2.45) is 4.99 Å². The fourth-order valence-corrected chi connectivity index (χ4v) is 3.01. The van der Waals surface area contributed by atoms with Crippen molar-refractivity contribution in [3.05, 3.63) is 52.2 Å². The van der Waals surface area contributed by atoms with E-state index in [1.165, 1.54) is 10.4 Å². The number of nitrogens with one attached hydrogen (secondary N) is 2. The van der Waals surface area contributed by atoms with Gasteiger partial charge < -0.3 is 15.4 Å². The van der Waals surface area contributed by atoms with Gasteiger partial charge in [0.25, 0.3) is 0 Å². The zero-order valence-corrected chi connectivity index (χ0v) is 14.7. The summed E-state index contributed by atoms with van der Waals surface area (Å²) < 4.78 is 5.65. The number of benzene rings is 1. The summed E-state index contributed by atoms with van der Waals surface area (Å²) in [5, 5.41) is 8.81. The van der Waals surface area contributed by atoms with Crippen molar-refractivity contribution in [2.75, 3.05) is 26.7 Å². The van der Waals surface area contributed by atoms with Crippen LogP contribution in [-0.4, -0.2) is 32.7 Å². The van der Waals surface area contributed by atoms with Gasteiger partial charge in [-0.1, -0.05) is 24.3 Å². The molecule has 2 aromatic rings. The van der Waals surface area contributed by atoms with Gasteiger partial charge in [-0.3, -0.25) is 4.99 Å². The van der Waals surface area contributed by atoms with E-state index in [0.29, 0.717) is 6.61 Å². The van der Waals surface area contributed by atoms with Crippen molar-refractivity contribution < 1.29 is 4.74 Å². The summed E-state index contributed by atoms with van der Waals surface area (Å²) in [6.45, 7) is 4.41. The third kappa shape index (κ3) is 5.94. The number of thiophene rings is 1. The third-order valence-corrected chi connectivity index (χ3v) is 4.36. The molecule has 124 valence electrons. The van der Waals surface area contributed by atoms with E-state index in [2.05, 4.69) is 39.2 Å². The van der Waals surface area contributed by atoms with Crippen LogP contribution in [0.5, 0.6) is 5.75 Å². The highest BCUT2D eigenvalue weighted by Gasteiger charge is 2.03. The average molecular weight is 331 g/mol. The number of guanidine groups is 1. The molecule has 0 saturated carbocycles. The van der Waals surface area contributed by atoms with Crippen molar-refractivity contribution in [1.82, 2.24) is 10.6 Å². The van der Waals surface area contributed by atoms with Crippen molar-refractivity contribution in [1.29, 1.82) is 0 Å². The van der Waals surface area contributed by atoms with Crippen molar-refractivity contribution in [3.63, 3.8) is 0 Å². The standard InChI is InChI=1S/C18H25N3OS/c1-3-22-17-9-5-4-7-15(17)10-12-20-18(19-2)21-13-11-16-8-6-14-23-16/h4-9,14H,3,10-13H2,1-2H3,(H2,19,20,21). The monoisotopic (exact) mass is 331 g/mol. The summed E-state index contributed by atoms with van der Waals surface area (Å²) in [6.07, 6.45) is 1.92. The molecule has 2 N–H and O–H groups in total. The Bertz CT molecular complexity index is 596. The molecule has 0 aliphatic carbocycles. The van der Waals surface area contributed by atoms with Crippen LogP contribution in [0.2, 0.25) is 0 Å². The number of ether oxygens (including phenoxy) is 1. The Balaban J connectivity index is 1.73. The molecular weight excluding hydrogens is 306 g/mol. The number of aliphatic imine (C=N–C) groups is 1. The molecule has 0 aliphatic rings. The van der Waals surface area contributed by atoms with Crippen LogP contribution in [0.4, 0.5) is 0 Å². The Kier molecular flexibility index (Phi) is 7.46. The molecule has 0 bridgehead atoms. The predicted octanol–water partition coefficient (Wildman–Crippen LogP) is 3.10. The number of nitrogens with zero attached hydrogens (tertiary/aromatic N) is 1. The van der Waals surface area contributed by atoms with Crippen LogP contribution >= 0.6 is 11.3 Å². The topological polar surface area (TPSA) is 45.6 Å². The molecule has 1 heterocycles. The highest BCUT2D eigenvalue weighted by molar-refractivity contribution is 7.09. The number of hydrogen-bond acceptors (Lipinski definition) is 3. The minimum absolute atomic E-state index is 0.691. The van der Waals surface area contributed by atoms with E-state index in [1.54, 1.807) is 18.4 Å². The molecule has 0 atom stereocenters. The van der Waals surface area contributed by atoms with Gasteiger partial charge in [0.05, 0.1) is 6.61 Å². The van der Waals surface area contributed by atoms with Gasteiger partial charge in [-0.15, -0.1) is 11.3 Å². The van der Waals surface area contributed by atoms with Crippen LogP contribution in [0.1, 0.15) is 17.4 Å². The molecular formula is C18H25N3OS. The lowest BCUT2D eigenvalue weighted by molar-refractivity contribution is 0.336. The largest absolute Gasteiger partial charge is 0.494 e. The molecule has 23 heavy (non-hydrogen) atoms. The SMILES string of the molecule is CCOc1ccccc1CCNC(=NC)NCCc1cccs1. The Morgan fingerprint density at radius 3 is 2.57 bits per heavy atom. The maximum absolute atomic E-state index is 5.65. The zero-order chi connectivity index (χ0) is 16.3. The summed E-state index contributed by atoms with van der Waals surface area (Å²) in [5.74, 6) is 1.81. The van der Waals surface area contributed by atoms with E-state index in [0.717, 1.165) is 37.6 Å². The minimum atomic E-state index is 0.691. The predicted molar refractivity (Wildman–Crippen MR) is 98.7 cm³/mol. The van der Waals surface area contributed by atoms with Gasteiger partial charge in [-0.2, -0.15) is 0 Å². The Morgan fingerprint density at radius 1 is 1.09 bits per heavy atom. The second-order valence-electron chi connectivity index (χ2n) is 5.05. The molecule has 5 heteroatoms. The fraction of sp³-hybridized carbons (Fsp3) is 0.389. The van der Waals surface area contributed by atoms with Crippen LogP contribution in [0.15, 0.2) is 46.8 Å². The van der Waals surface area contributed by atoms with E-state index >= 15 is 0 Å². The summed E-state index contributed by atoms with van der Waals surface area (Å²) in [7, 11) is 1.80. The van der Waals surface area contributed by atoms with Crippen LogP contribution in [-0.2, 0) is 12.8 Å². The third-order valence-electron chi connectivity index (χ3n) is 3.43. The minimum Gasteiger partial charge on any atom is -0.494 e. The Labute approximate surface area is 142 Å². The average Bonchev–Trinajstić information content (AvgIpc) is 3.08. The van der Waals surface area contributed by atoms with Gasteiger partial charge in [-0.25, -0.2) is 0 Å². The van der Waals surface area contributed by atoms with Gasteiger partial charge in [0, 0.05) is 25.0 Å². The molecule has 1 aromatic carbocycles. The maximum atomic E-state index is 5.65. The molecule has 0 spiro atoms. The first kappa shape index (κ1) is 17.3. The summed E-state index contributed by atoms with van der Waals surface area (Å²) >= 11 is 1.79. The highest BCUT2D eigenvalue weighted by Crippen LogP contribution is 2.17. The lowest BCUT2D eigenvalue weighted by Gasteiger charge is -2.13. The lowest BCUT2D eigenvalue weighted by Crippen LogP contribution is -2.39. The van der Waals surface area contributed by atoms with Crippen molar-refractivity contribution in [2.45, 2.75) is 19.8 Å². The number of hydrogen-bond donors (Lipinski definition) is 2. The van der Waals surface area contributed by atoms with Crippen LogP contribution in [0.3, 0.4) is 0 Å². The molecule has 0 aliphatic heterocycles. The molecule has 2 rings (SSSR count). The van der Waals surface area contributed by atoms with Crippen LogP contribution in [0, 0.1) is 0 Å². The highest BCUT2D eigenvalue weighted by atomic mass is 32.1. The van der Waals surface area contributed by atoms with Crippen LogP contribution in [0.25, 0.3) is 0 Å². The molecule has 0 fully saturated rings. The van der Waals surface area contributed by atoms with Gasteiger partial charge in [0.2, 0.25) is 0 Å². The second-order valence-corrected chi connectivity index (χ2v) is 6.08. The number of para-hydroxylation sites is 1. The first-order valence-corrected chi connectivity index (χ1v) is 8.89. The lowest BCUT2D eigenvalue weighted by atomic mass is 10.1. The van der Waals surface area contributed by atoms with Crippen LogP contribution < -0.4 is 15.4 Å². The number of rotatable bonds is 8. The summed E-state index contributed by atoms with van der Waals surface area (Å²) in [6, 6.07) is 12.4. The van der Waals surface area contributed by atoms with Gasteiger partial charge in [-0.05, 0) is 42.8 Å². The quantitative estimate of drug-likeness (QED) is 0.577. The maximum Gasteiger partial charge on any atom is 0.190 e. The van der Waals surface area contributed by atoms with E-state index < -0.39 is 0 Å². The fourth-order valence-electron chi connectivity index (χ4n) is 2.30. The van der Waals surface area contributed by atoms with Gasteiger partial charge in [0.15, 0.2) is 5.96 Å². The normalized spacial score (nSPS) is 11.3. The molecule has 0 unspecified atom stereocenters.